The summed E-state index contributed by atoms with van der Waals surface area (Å²) in [5.41, 5.74) is -0.313. The number of alkyl carbamates (subject to hydrolysis) is 1. The van der Waals surface area contributed by atoms with Crippen LogP contribution in [0.1, 0.15) is 38.9 Å². The first-order valence-corrected chi connectivity index (χ1v) is 7.54. The van der Waals surface area contributed by atoms with Gasteiger partial charge in [-0.25, -0.2) is 9.78 Å². The molecule has 2 unspecified atom stereocenters. The highest BCUT2D eigenvalue weighted by atomic mass is 35.5. The van der Waals surface area contributed by atoms with Gasteiger partial charge < -0.3 is 25.0 Å². The number of rotatable bonds is 6. The van der Waals surface area contributed by atoms with Crippen LogP contribution in [-0.2, 0) is 4.74 Å². The number of pyridine rings is 1. The van der Waals surface area contributed by atoms with Crippen molar-refractivity contribution in [2.24, 2.45) is 0 Å². The molecule has 0 bridgehead atoms. The maximum absolute atomic E-state index is 11.5. The smallest absolute Gasteiger partial charge is 0.407 e. The lowest BCUT2D eigenvalue weighted by Crippen LogP contribution is -2.34. The summed E-state index contributed by atoms with van der Waals surface area (Å²) in [6, 6.07) is 1.47. The van der Waals surface area contributed by atoms with Crippen molar-refractivity contribution < 1.29 is 24.5 Å². The van der Waals surface area contributed by atoms with Crippen molar-refractivity contribution in [2.45, 2.75) is 45.0 Å². The molecule has 1 aromatic rings. The summed E-state index contributed by atoms with van der Waals surface area (Å²) in [5, 5.41) is 23.1. The van der Waals surface area contributed by atoms with Crippen molar-refractivity contribution in [1.82, 2.24) is 10.3 Å². The summed E-state index contributed by atoms with van der Waals surface area (Å²) in [7, 11) is 1.41. The van der Waals surface area contributed by atoms with Crippen molar-refractivity contribution in [1.29, 1.82) is 0 Å². The van der Waals surface area contributed by atoms with Crippen LogP contribution in [0.15, 0.2) is 12.3 Å². The highest BCUT2D eigenvalue weighted by molar-refractivity contribution is 6.30. The molecule has 0 saturated carbocycles. The number of carbonyl (C=O) groups excluding carboxylic acids is 1. The molecule has 23 heavy (non-hydrogen) atoms. The van der Waals surface area contributed by atoms with Crippen molar-refractivity contribution >= 4 is 17.7 Å². The van der Waals surface area contributed by atoms with Gasteiger partial charge in [-0.15, -0.1) is 0 Å². The van der Waals surface area contributed by atoms with Crippen molar-refractivity contribution in [3.8, 4) is 5.88 Å². The average Bonchev–Trinajstić information content (AvgIpc) is 2.44. The third-order valence-corrected chi connectivity index (χ3v) is 3.04. The topological polar surface area (TPSA) is 101 Å². The number of nitrogens with one attached hydrogen (secondary N) is 1. The highest BCUT2D eigenvalue weighted by Gasteiger charge is 2.23. The number of carbonyl (C=O) groups is 1. The van der Waals surface area contributed by atoms with Crippen LogP contribution in [0.4, 0.5) is 4.79 Å². The molecule has 0 spiro atoms. The molecule has 1 amide bonds. The number of aromatic nitrogens is 1. The Morgan fingerprint density at radius 1 is 1.43 bits per heavy atom. The summed E-state index contributed by atoms with van der Waals surface area (Å²) in [6.07, 6.45) is -1.44. The quantitative estimate of drug-likeness (QED) is 0.728. The molecule has 8 heteroatoms. The SMILES string of the molecule is COc1ncc(Cl)cc1C(O)C(O)CCNC(=O)OC(C)(C)C. The van der Waals surface area contributed by atoms with Gasteiger partial charge in [0.15, 0.2) is 0 Å². The number of halogens is 1. The largest absolute Gasteiger partial charge is 0.481 e. The maximum atomic E-state index is 11.5. The Bertz CT molecular complexity index is 533. The normalized spacial score (nSPS) is 14.0. The van der Waals surface area contributed by atoms with Gasteiger partial charge in [0, 0.05) is 18.3 Å². The molecule has 2 atom stereocenters. The van der Waals surface area contributed by atoms with E-state index in [0.717, 1.165) is 0 Å². The Hall–Kier alpha value is -1.57. The molecule has 0 saturated heterocycles. The zero-order chi connectivity index (χ0) is 17.6. The molecule has 1 heterocycles. The lowest BCUT2D eigenvalue weighted by Gasteiger charge is -2.21. The van der Waals surface area contributed by atoms with E-state index in [0.29, 0.717) is 5.02 Å². The van der Waals surface area contributed by atoms with E-state index in [4.69, 9.17) is 21.1 Å². The Morgan fingerprint density at radius 2 is 2.09 bits per heavy atom. The van der Waals surface area contributed by atoms with Crippen molar-refractivity contribution in [3.05, 3.63) is 22.8 Å². The molecular weight excluding hydrogens is 324 g/mol. The summed E-state index contributed by atoms with van der Waals surface area (Å²) >= 11 is 5.85. The fourth-order valence-corrected chi connectivity index (χ4v) is 1.99. The second-order valence-corrected chi connectivity index (χ2v) is 6.42. The predicted octanol–water partition coefficient (Wildman–Crippen LogP) is 2.05. The van der Waals surface area contributed by atoms with Gasteiger partial charge in [-0.2, -0.15) is 0 Å². The molecule has 0 aliphatic heterocycles. The van der Waals surface area contributed by atoms with Crippen LogP contribution >= 0.6 is 11.6 Å². The van der Waals surface area contributed by atoms with Crippen LogP contribution in [0.5, 0.6) is 5.88 Å². The summed E-state index contributed by atoms with van der Waals surface area (Å²) in [4.78, 5) is 15.4. The lowest BCUT2D eigenvalue weighted by molar-refractivity contribution is 0.0107. The van der Waals surface area contributed by atoms with Gasteiger partial charge in [-0.05, 0) is 33.3 Å². The van der Waals surface area contributed by atoms with Crippen LogP contribution < -0.4 is 10.1 Å². The molecule has 0 radical (unpaired) electrons. The number of hydrogen-bond acceptors (Lipinski definition) is 6. The Kier molecular flexibility index (Phi) is 7.05. The minimum Gasteiger partial charge on any atom is -0.481 e. The van der Waals surface area contributed by atoms with Crippen LogP contribution in [0.25, 0.3) is 0 Å². The monoisotopic (exact) mass is 346 g/mol. The van der Waals surface area contributed by atoms with Crippen molar-refractivity contribution in [3.63, 3.8) is 0 Å². The first kappa shape index (κ1) is 19.5. The Labute approximate surface area is 140 Å². The number of nitrogens with zero attached hydrogens (tertiary/aromatic N) is 1. The Morgan fingerprint density at radius 3 is 2.65 bits per heavy atom. The van der Waals surface area contributed by atoms with Gasteiger partial charge >= 0.3 is 6.09 Å². The summed E-state index contributed by atoms with van der Waals surface area (Å²) in [5.74, 6) is 0.182. The highest BCUT2D eigenvalue weighted by Crippen LogP contribution is 2.28. The number of ether oxygens (including phenoxy) is 2. The third-order valence-electron chi connectivity index (χ3n) is 2.83. The average molecular weight is 347 g/mol. The van der Waals surface area contributed by atoms with Gasteiger partial charge in [-0.1, -0.05) is 11.6 Å². The van der Waals surface area contributed by atoms with E-state index in [1.54, 1.807) is 20.8 Å². The van der Waals surface area contributed by atoms with Crippen LogP contribution in [-0.4, -0.2) is 46.6 Å². The number of aliphatic hydroxyl groups is 2. The van der Waals surface area contributed by atoms with E-state index in [-0.39, 0.29) is 24.4 Å². The zero-order valence-corrected chi connectivity index (χ0v) is 14.4. The zero-order valence-electron chi connectivity index (χ0n) is 13.7. The minimum atomic E-state index is -1.24. The van der Waals surface area contributed by atoms with Crippen molar-refractivity contribution in [2.75, 3.05) is 13.7 Å². The number of amides is 1. The second-order valence-electron chi connectivity index (χ2n) is 5.98. The van der Waals surface area contributed by atoms with E-state index in [9.17, 15) is 15.0 Å². The molecule has 3 N–H and O–H groups in total. The molecule has 0 aliphatic carbocycles. The van der Waals surface area contributed by atoms with Gasteiger partial charge in [0.1, 0.15) is 11.7 Å². The molecule has 0 aliphatic rings. The molecule has 130 valence electrons. The van der Waals surface area contributed by atoms with E-state index < -0.39 is 23.9 Å². The first-order valence-electron chi connectivity index (χ1n) is 7.16. The fraction of sp³-hybridized carbons (Fsp3) is 0.600. The number of aliphatic hydroxyl groups excluding tert-OH is 2. The van der Waals surface area contributed by atoms with Crippen LogP contribution in [0.2, 0.25) is 5.02 Å². The third kappa shape index (κ3) is 6.60. The van der Waals surface area contributed by atoms with E-state index in [2.05, 4.69) is 10.3 Å². The Balaban J connectivity index is 2.56. The van der Waals surface area contributed by atoms with E-state index in [1.165, 1.54) is 19.4 Å². The van der Waals surface area contributed by atoms with Crippen LogP contribution in [0, 0.1) is 0 Å². The van der Waals surface area contributed by atoms with Crippen LogP contribution in [0.3, 0.4) is 0 Å². The van der Waals surface area contributed by atoms with Gasteiger partial charge in [0.2, 0.25) is 5.88 Å². The number of hydrogen-bond donors (Lipinski definition) is 3. The first-order chi connectivity index (χ1) is 10.6. The molecule has 1 aromatic heterocycles. The molecule has 0 aromatic carbocycles. The summed E-state index contributed by atoms with van der Waals surface area (Å²) in [6.45, 7) is 5.40. The van der Waals surface area contributed by atoms with E-state index >= 15 is 0 Å². The van der Waals surface area contributed by atoms with E-state index in [1.807, 2.05) is 0 Å². The molecule has 7 nitrogen and oxygen atoms in total. The maximum Gasteiger partial charge on any atom is 0.407 e. The second kappa shape index (κ2) is 8.33. The molecular formula is C15H23ClN2O5. The standard InChI is InChI=1S/C15H23ClN2O5/c1-15(2,3)23-14(21)17-6-5-11(19)12(20)10-7-9(16)8-18-13(10)22-4/h7-8,11-12,19-20H,5-6H2,1-4H3,(H,17,21). The predicted molar refractivity (Wildman–Crippen MR) is 85.6 cm³/mol. The fourth-order valence-electron chi connectivity index (χ4n) is 1.83. The van der Waals surface area contributed by atoms with Gasteiger partial charge in [0.05, 0.1) is 18.2 Å². The summed E-state index contributed by atoms with van der Waals surface area (Å²) < 4.78 is 10.1. The lowest BCUT2D eigenvalue weighted by atomic mass is 10.0. The molecule has 1 rings (SSSR count). The van der Waals surface area contributed by atoms with Gasteiger partial charge in [0.25, 0.3) is 0 Å². The molecule has 0 fully saturated rings. The van der Waals surface area contributed by atoms with Gasteiger partial charge in [-0.3, -0.25) is 0 Å². The number of methoxy groups -OCH3 is 1. The minimum absolute atomic E-state index is 0.121.